The number of nitrogens with two attached hydrogens (primary N) is 1. The van der Waals surface area contributed by atoms with E-state index in [1.165, 1.54) is 45.3 Å². The zero-order valence-corrected chi connectivity index (χ0v) is 23.7. The molecule has 5 aromatic rings. The molecule has 1 saturated carbocycles. The van der Waals surface area contributed by atoms with Gasteiger partial charge in [-0.1, -0.05) is 18.2 Å². The van der Waals surface area contributed by atoms with E-state index in [9.17, 15) is 14.0 Å². The number of nitrogens with zero attached hydrogens (tertiary/aromatic N) is 6. The van der Waals surface area contributed by atoms with Gasteiger partial charge in [-0.25, -0.2) is 23.7 Å². The highest BCUT2D eigenvalue weighted by Crippen LogP contribution is 2.28. The number of benzene rings is 3. The molecular weight excluding hydrogens is 549 g/mol. The highest BCUT2D eigenvalue weighted by molar-refractivity contribution is 6.01. The Morgan fingerprint density at radius 3 is 2.51 bits per heavy atom. The molecule has 6 rings (SSSR count). The molecule has 43 heavy (non-hydrogen) atoms. The van der Waals surface area contributed by atoms with Crippen molar-refractivity contribution in [3.8, 4) is 22.9 Å². The summed E-state index contributed by atoms with van der Waals surface area (Å²) >= 11 is 0. The molecule has 1 aliphatic rings. The lowest BCUT2D eigenvalue weighted by molar-refractivity contribution is -0.113. The van der Waals surface area contributed by atoms with Crippen LogP contribution in [-0.4, -0.2) is 56.6 Å². The fourth-order valence-electron chi connectivity index (χ4n) is 4.91. The highest BCUT2D eigenvalue weighted by Gasteiger charge is 2.25. The van der Waals surface area contributed by atoms with E-state index in [-0.39, 0.29) is 11.7 Å². The Morgan fingerprint density at radius 1 is 1.00 bits per heavy atom. The zero-order valence-electron chi connectivity index (χ0n) is 23.7. The predicted octanol–water partition coefficient (Wildman–Crippen LogP) is 4.70. The molecule has 0 radical (unpaired) electrons. The summed E-state index contributed by atoms with van der Waals surface area (Å²) in [6.07, 6.45) is 7.14. The van der Waals surface area contributed by atoms with Crippen molar-refractivity contribution in [1.82, 2.24) is 24.0 Å². The van der Waals surface area contributed by atoms with Gasteiger partial charge in [-0.05, 0) is 74.5 Å². The van der Waals surface area contributed by atoms with Crippen LogP contribution >= 0.6 is 0 Å². The number of hydrogen-bond donors (Lipinski definition) is 1. The monoisotopic (exact) mass is 579 g/mol. The highest BCUT2D eigenvalue weighted by atomic mass is 19.1. The third-order valence-corrected chi connectivity index (χ3v) is 7.41. The third kappa shape index (κ3) is 5.75. The normalized spacial score (nSPS) is 13.2. The van der Waals surface area contributed by atoms with Gasteiger partial charge in [0, 0.05) is 37.5 Å². The van der Waals surface area contributed by atoms with Gasteiger partial charge in [0.25, 0.3) is 0 Å². The van der Waals surface area contributed by atoms with E-state index in [4.69, 9.17) is 10.5 Å². The second-order valence-electron chi connectivity index (χ2n) is 10.4. The van der Waals surface area contributed by atoms with Crippen molar-refractivity contribution in [1.29, 1.82) is 0 Å². The van der Waals surface area contributed by atoms with E-state index in [0.29, 0.717) is 52.3 Å². The number of carbonyl (C=O) groups excluding carboxylic acids is 1. The Labute approximate surface area is 247 Å². The maximum absolute atomic E-state index is 14.0. The smallest absolute Gasteiger partial charge is 0.339 e. The van der Waals surface area contributed by atoms with Crippen LogP contribution in [0.15, 0.2) is 96.1 Å². The van der Waals surface area contributed by atoms with Crippen LogP contribution in [0.1, 0.15) is 12.8 Å². The second-order valence-corrected chi connectivity index (χ2v) is 10.4. The molecule has 2 heterocycles. The number of hydrogen-bond acceptors (Lipinski definition) is 7. The molecule has 1 amide bonds. The molecule has 2 aromatic heterocycles. The number of amides is 1. The van der Waals surface area contributed by atoms with Crippen molar-refractivity contribution >= 4 is 28.6 Å². The van der Waals surface area contributed by atoms with Crippen LogP contribution in [0.25, 0.3) is 22.5 Å². The quantitative estimate of drug-likeness (QED) is 0.252. The first-order valence-corrected chi connectivity index (χ1v) is 13.8. The van der Waals surface area contributed by atoms with Crippen molar-refractivity contribution in [2.45, 2.75) is 18.9 Å². The van der Waals surface area contributed by atoms with E-state index < -0.39 is 11.5 Å². The average molecular weight is 580 g/mol. The lowest BCUT2D eigenvalue weighted by atomic mass is 10.2. The number of fused-ring (bicyclic) bond motifs is 1. The second kappa shape index (κ2) is 11.5. The molecule has 10 nitrogen and oxygen atoms in total. The maximum atomic E-state index is 14.0. The Balaban J connectivity index is 1.32. The van der Waals surface area contributed by atoms with Crippen LogP contribution < -0.4 is 21.1 Å². The summed E-state index contributed by atoms with van der Waals surface area (Å²) in [4.78, 5) is 39.1. The first-order valence-electron chi connectivity index (χ1n) is 13.8. The minimum absolute atomic E-state index is 0.130. The SMILES string of the molecule is CN(C(=O)/C=C/CN(C)C1CC1)c1cccc(-n2c(=O)n(-c3ccc(Oc4cccc(F)c4)cc3)c3c(N)ncnc32)c1. The topological polar surface area (TPSA) is 112 Å². The van der Waals surface area contributed by atoms with Gasteiger partial charge < -0.3 is 15.4 Å². The van der Waals surface area contributed by atoms with Crippen LogP contribution in [0.2, 0.25) is 0 Å². The molecule has 218 valence electrons. The number of rotatable bonds is 9. The summed E-state index contributed by atoms with van der Waals surface area (Å²) < 4.78 is 22.2. The van der Waals surface area contributed by atoms with Gasteiger partial charge in [-0.3, -0.25) is 14.3 Å². The number of aromatic nitrogens is 4. The summed E-state index contributed by atoms with van der Waals surface area (Å²) in [5.74, 6) is 0.360. The van der Waals surface area contributed by atoms with Crippen LogP contribution in [0.4, 0.5) is 15.9 Å². The number of likely N-dealkylation sites (N-methyl/N-ethyl adjacent to an activating group) is 2. The Kier molecular flexibility index (Phi) is 7.47. The minimum atomic E-state index is -0.421. The summed E-state index contributed by atoms with van der Waals surface area (Å²) in [7, 11) is 3.75. The Bertz CT molecular complexity index is 1890. The van der Waals surface area contributed by atoms with Crippen LogP contribution in [-0.2, 0) is 4.79 Å². The first kappa shape index (κ1) is 27.9. The Morgan fingerprint density at radius 2 is 1.77 bits per heavy atom. The van der Waals surface area contributed by atoms with E-state index in [2.05, 4.69) is 21.9 Å². The third-order valence-electron chi connectivity index (χ3n) is 7.41. The van der Waals surface area contributed by atoms with E-state index in [1.807, 2.05) is 6.08 Å². The number of anilines is 2. The average Bonchev–Trinajstić information content (AvgIpc) is 3.81. The largest absolute Gasteiger partial charge is 0.457 e. The number of carbonyl (C=O) groups is 1. The zero-order chi connectivity index (χ0) is 30.1. The number of nitrogen functional groups attached to an aromatic ring is 1. The lowest BCUT2D eigenvalue weighted by Gasteiger charge is -2.17. The molecule has 1 aliphatic carbocycles. The molecule has 0 bridgehead atoms. The van der Waals surface area contributed by atoms with Crippen molar-refractivity contribution in [2.75, 3.05) is 31.3 Å². The van der Waals surface area contributed by atoms with Crippen molar-refractivity contribution in [3.63, 3.8) is 0 Å². The van der Waals surface area contributed by atoms with Gasteiger partial charge >= 0.3 is 5.69 Å². The molecule has 0 saturated heterocycles. The lowest BCUT2D eigenvalue weighted by Crippen LogP contribution is -2.26. The van der Waals surface area contributed by atoms with Gasteiger partial charge in [0.15, 0.2) is 11.5 Å². The van der Waals surface area contributed by atoms with Crippen molar-refractivity contribution in [3.05, 3.63) is 108 Å². The maximum Gasteiger partial charge on any atom is 0.339 e. The molecule has 0 unspecified atom stereocenters. The molecule has 2 N–H and O–H groups in total. The minimum Gasteiger partial charge on any atom is -0.457 e. The van der Waals surface area contributed by atoms with E-state index in [1.54, 1.807) is 73.8 Å². The van der Waals surface area contributed by atoms with Crippen LogP contribution in [0.5, 0.6) is 11.5 Å². The number of halogens is 1. The van der Waals surface area contributed by atoms with Crippen molar-refractivity contribution < 1.29 is 13.9 Å². The first-order chi connectivity index (χ1) is 20.8. The van der Waals surface area contributed by atoms with E-state index in [0.717, 1.165) is 0 Å². The van der Waals surface area contributed by atoms with Crippen LogP contribution in [0.3, 0.4) is 0 Å². The molecule has 11 heteroatoms. The predicted molar refractivity (Wildman–Crippen MR) is 164 cm³/mol. The molecule has 0 aliphatic heterocycles. The Hall–Kier alpha value is -5.29. The summed E-state index contributed by atoms with van der Waals surface area (Å²) in [5.41, 5.74) is 8.11. The summed E-state index contributed by atoms with van der Waals surface area (Å²) in [6.45, 7) is 0.707. The van der Waals surface area contributed by atoms with Gasteiger partial charge in [-0.15, -0.1) is 0 Å². The van der Waals surface area contributed by atoms with Gasteiger partial charge in [-0.2, -0.15) is 0 Å². The fraction of sp³-hybridized carbons (Fsp3) is 0.188. The molecule has 3 aromatic carbocycles. The molecule has 0 spiro atoms. The summed E-state index contributed by atoms with van der Waals surface area (Å²) in [6, 6.07) is 20.3. The van der Waals surface area contributed by atoms with Gasteiger partial charge in [0.05, 0.1) is 11.4 Å². The van der Waals surface area contributed by atoms with E-state index >= 15 is 0 Å². The number of imidazole rings is 1. The number of ether oxygens (including phenoxy) is 1. The van der Waals surface area contributed by atoms with Crippen molar-refractivity contribution in [2.24, 2.45) is 0 Å². The van der Waals surface area contributed by atoms with Gasteiger partial charge in [0.2, 0.25) is 5.91 Å². The molecule has 1 fully saturated rings. The van der Waals surface area contributed by atoms with Gasteiger partial charge in [0.1, 0.15) is 29.2 Å². The molecular formula is C32H30FN7O3. The summed E-state index contributed by atoms with van der Waals surface area (Å²) in [5, 5.41) is 0. The van der Waals surface area contributed by atoms with Crippen LogP contribution in [0, 0.1) is 5.82 Å². The fourth-order valence-corrected chi connectivity index (χ4v) is 4.91. The standard InChI is InChI=1S/C32H30FN7O3/c1-37(22-11-12-22)17-5-10-28(41)38(2)24-7-4-8-25(19-24)40-31-29(30(34)35-20-36-31)39(32(40)42)23-13-15-26(16-14-23)43-27-9-3-6-21(33)18-27/h3-10,13-16,18-20,22H,11-12,17H2,1-2H3,(H2,34,35,36)/b10-5+. The molecule has 0 atom stereocenters.